The first-order chi connectivity index (χ1) is 10.4. The fraction of sp³-hybridized carbons (Fsp3) is 0.667. The van der Waals surface area contributed by atoms with Gasteiger partial charge in [-0.25, -0.2) is 0 Å². The van der Waals surface area contributed by atoms with Crippen molar-refractivity contribution >= 4 is 11.8 Å². The second-order valence-corrected chi connectivity index (χ2v) is 7.11. The van der Waals surface area contributed by atoms with Crippen LogP contribution in [0.15, 0.2) is 24.3 Å². The fourth-order valence-corrected chi connectivity index (χ4v) is 3.82. The topological polar surface area (TPSA) is 21.3 Å². The monoisotopic (exact) mass is 307 g/mol. The Bertz CT molecular complexity index is 373. The van der Waals surface area contributed by atoms with E-state index in [4.69, 9.17) is 4.74 Å². The van der Waals surface area contributed by atoms with Crippen LogP contribution in [0.25, 0.3) is 0 Å². The third-order valence-electron chi connectivity index (χ3n) is 4.04. The van der Waals surface area contributed by atoms with Gasteiger partial charge in [-0.2, -0.15) is 11.8 Å². The highest BCUT2D eigenvalue weighted by Gasteiger charge is 2.12. The van der Waals surface area contributed by atoms with Gasteiger partial charge in [0, 0.05) is 6.54 Å². The summed E-state index contributed by atoms with van der Waals surface area (Å²) in [6.07, 6.45) is 6.40. The van der Waals surface area contributed by atoms with E-state index < -0.39 is 0 Å². The Morgan fingerprint density at radius 1 is 1.14 bits per heavy atom. The number of rotatable bonds is 9. The molecule has 1 fully saturated rings. The van der Waals surface area contributed by atoms with Crippen LogP contribution in [0.4, 0.5) is 0 Å². The molecule has 0 aromatic heterocycles. The van der Waals surface area contributed by atoms with Crippen molar-refractivity contribution in [3.8, 4) is 5.75 Å². The highest BCUT2D eigenvalue weighted by molar-refractivity contribution is 7.99. The van der Waals surface area contributed by atoms with Gasteiger partial charge in [-0.05, 0) is 60.9 Å². The standard InChI is InChI=1S/C18H29NOS/c1-2-3-4-11-20-18-7-5-16(6-8-18)14-19-15-17-9-12-21-13-10-17/h5-8,17,19H,2-4,9-15H2,1H3. The summed E-state index contributed by atoms with van der Waals surface area (Å²) in [5.41, 5.74) is 1.35. The maximum absolute atomic E-state index is 5.74. The van der Waals surface area contributed by atoms with E-state index >= 15 is 0 Å². The number of ether oxygens (including phenoxy) is 1. The van der Waals surface area contributed by atoms with Crippen LogP contribution >= 0.6 is 11.8 Å². The first-order valence-electron chi connectivity index (χ1n) is 8.38. The molecule has 0 aliphatic carbocycles. The van der Waals surface area contributed by atoms with Crippen molar-refractivity contribution in [2.45, 2.75) is 45.6 Å². The van der Waals surface area contributed by atoms with Gasteiger partial charge in [-0.15, -0.1) is 0 Å². The Balaban J connectivity index is 1.62. The molecule has 1 N–H and O–H groups in total. The highest BCUT2D eigenvalue weighted by atomic mass is 32.2. The molecule has 0 atom stereocenters. The predicted molar refractivity (Wildman–Crippen MR) is 93.2 cm³/mol. The Morgan fingerprint density at radius 3 is 2.62 bits per heavy atom. The molecule has 118 valence electrons. The predicted octanol–water partition coefficient (Wildman–Crippen LogP) is 4.49. The molecule has 3 heteroatoms. The molecular formula is C18H29NOS. The van der Waals surface area contributed by atoms with E-state index in [1.54, 1.807) is 0 Å². The van der Waals surface area contributed by atoms with Gasteiger partial charge in [0.1, 0.15) is 5.75 Å². The molecule has 0 spiro atoms. The van der Waals surface area contributed by atoms with Gasteiger partial charge < -0.3 is 10.1 Å². The SMILES string of the molecule is CCCCCOc1ccc(CNCC2CCSCC2)cc1. The van der Waals surface area contributed by atoms with E-state index in [-0.39, 0.29) is 0 Å². The molecule has 0 unspecified atom stereocenters. The lowest BCUT2D eigenvalue weighted by atomic mass is 10.0. The second-order valence-electron chi connectivity index (χ2n) is 5.89. The third-order valence-corrected chi connectivity index (χ3v) is 5.09. The second kappa shape index (κ2) is 10.1. The van der Waals surface area contributed by atoms with Gasteiger partial charge >= 0.3 is 0 Å². The minimum Gasteiger partial charge on any atom is -0.494 e. The van der Waals surface area contributed by atoms with Gasteiger partial charge in [0.2, 0.25) is 0 Å². The van der Waals surface area contributed by atoms with E-state index in [0.29, 0.717) is 0 Å². The third kappa shape index (κ3) is 6.75. The molecule has 1 aromatic carbocycles. The molecule has 2 nitrogen and oxygen atoms in total. The summed E-state index contributed by atoms with van der Waals surface area (Å²) < 4.78 is 5.74. The normalized spacial score (nSPS) is 16.0. The van der Waals surface area contributed by atoms with Crippen LogP contribution in [0, 0.1) is 5.92 Å². The van der Waals surface area contributed by atoms with Gasteiger partial charge in [0.15, 0.2) is 0 Å². The Hall–Kier alpha value is -0.670. The number of hydrogen-bond donors (Lipinski definition) is 1. The quantitative estimate of drug-likeness (QED) is 0.679. The summed E-state index contributed by atoms with van der Waals surface area (Å²) in [7, 11) is 0. The van der Waals surface area contributed by atoms with Crippen LogP contribution < -0.4 is 10.1 Å². The van der Waals surface area contributed by atoms with E-state index in [9.17, 15) is 0 Å². The zero-order valence-corrected chi connectivity index (χ0v) is 14.1. The molecular weight excluding hydrogens is 278 g/mol. The van der Waals surface area contributed by atoms with Crippen LogP contribution in [-0.2, 0) is 6.54 Å². The number of unbranched alkanes of at least 4 members (excludes halogenated alkanes) is 2. The Kier molecular flexibility index (Phi) is 8.05. The largest absolute Gasteiger partial charge is 0.494 e. The number of benzene rings is 1. The summed E-state index contributed by atoms with van der Waals surface area (Å²) in [4.78, 5) is 0. The number of thioether (sulfide) groups is 1. The smallest absolute Gasteiger partial charge is 0.119 e. The van der Waals surface area contributed by atoms with Crippen LogP contribution in [-0.4, -0.2) is 24.7 Å². The maximum Gasteiger partial charge on any atom is 0.119 e. The van der Waals surface area contributed by atoms with E-state index in [2.05, 4.69) is 48.3 Å². The van der Waals surface area contributed by atoms with Crippen molar-refractivity contribution < 1.29 is 4.74 Å². The average Bonchev–Trinajstić information content (AvgIpc) is 2.54. The number of nitrogens with one attached hydrogen (secondary N) is 1. The highest BCUT2D eigenvalue weighted by Crippen LogP contribution is 2.22. The van der Waals surface area contributed by atoms with Crippen molar-refractivity contribution in [2.24, 2.45) is 5.92 Å². The van der Waals surface area contributed by atoms with E-state index in [1.165, 1.54) is 42.8 Å². The molecule has 0 bridgehead atoms. The van der Waals surface area contributed by atoms with Gasteiger partial charge in [-0.1, -0.05) is 31.9 Å². The lowest BCUT2D eigenvalue weighted by Gasteiger charge is -2.21. The summed E-state index contributed by atoms with van der Waals surface area (Å²) >= 11 is 2.10. The molecule has 1 aromatic rings. The summed E-state index contributed by atoms with van der Waals surface area (Å²) in [6.45, 7) is 5.19. The van der Waals surface area contributed by atoms with Gasteiger partial charge in [0.05, 0.1) is 6.61 Å². The first-order valence-corrected chi connectivity index (χ1v) is 9.54. The molecule has 1 saturated heterocycles. The lowest BCUT2D eigenvalue weighted by Crippen LogP contribution is -2.25. The van der Waals surface area contributed by atoms with Crippen molar-refractivity contribution in [3.63, 3.8) is 0 Å². The molecule has 0 saturated carbocycles. The number of hydrogen-bond acceptors (Lipinski definition) is 3. The van der Waals surface area contributed by atoms with Crippen LogP contribution in [0.2, 0.25) is 0 Å². The van der Waals surface area contributed by atoms with Gasteiger partial charge in [0.25, 0.3) is 0 Å². The van der Waals surface area contributed by atoms with Crippen LogP contribution in [0.3, 0.4) is 0 Å². The van der Waals surface area contributed by atoms with E-state index in [1.807, 2.05) is 0 Å². The maximum atomic E-state index is 5.74. The van der Waals surface area contributed by atoms with Crippen molar-refractivity contribution in [1.82, 2.24) is 5.32 Å². The van der Waals surface area contributed by atoms with Gasteiger partial charge in [-0.3, -0.25) is 0 Å². The molecule has 1 aliphatic rings. The first kappa shape index (κ1) is 16.7. The molecule has 2 rings (SSSR count). The molecule has 1 heterocycles. The summed E-state index contributed by atoms with van der Waals surface area (Å²) in [6, 6.07) is 8.55. The molecule has 0 amide bonds. The zero-order chi connectivity index (χ0) is 14.8. The van der Waals surface area contributed by atoms with E-state index in [0.717, 1.165) is 37.8 Å². The Morgan fingerprint density at radius 2 is 1.90 bits per heavy atom. The van der Waals surface area contributed by atoms with Crippen molar-refractivity contribution in [2.75, 3.05) is 24.7 Å². The fourth-order valence-electron chi connectivity index (χ4n) is 2.62. The molecule has 1 aliphatic heterocycles. The zero-order valence-electron chi connectivity index (χ0n) is 13.3. The van der Waals surface area contributed by atoms with Crippen LogP contribution in [0.1, 0.15) is 44.6 Å². The lowest BCUT2D eigenvalue weighted by molar-refractivity contribution is 0.306. The minimum atomic E-state index is 0.838. The average molecular weight is 308 g/mol. The van der Waals surface area contributed by atoms with Crippen molar-refractivity contribution in [1.29, 1.82) is 0 Å². The molecule has 0 radical (unpaired) electrons. The van der Waals surface area contributed by atoms with Crippen LogP contribution in [0.5, 0.6) is 5.75 Å². The summed E-state index contributed by atoms with van der Waals surface area (Å²) in [5, 5.41) is 3.60. The Labute approximate surface area is 134 Å². The summed E-state index contributed by atoms with van der Waals surface area (Å²) in [5.74, 6) is 4.57. The minimum absolute atomic E-state index is 0.838. The van der Waals surface area contributed by atoms with Crippen molar-refractivity contribution in [3.05, 3.63) is 29.8 Å². The molecule has 21 heavy (non-hydrogen) atoms.